The molecule has 1 atom stereocenters. The van der Waals surface area contributed by atoms with E-state index in [1.807, 2.05) is 6.92 Å². The molecule has 0 aliphatic carbocycles. The molecule has 1 unspecified atom stereocenters. The van der Waals surface area contributed by atoms with Crippen molar-refractivity contribution in [3.8, 4) is 0 Å². The molecule has 0 spiro atoms. The summed E-state index contributed by atoms with van der Waals surface area (Å²) >= 11 is 1.57. The Morgan fingerprint density at radius 3 is 2.69 bits per heavy atom. The lowest BCUT2D eigenvalue weighted by Gasteiger charge is -2.26. The van der Waals surface area contributed by atoms with Gasteiger partial charge in [0.2, 0.25) is 5.91 Å². The molecule has 92 valence electrons. The van der Waals surface area contributed by atoms with E-state index in [4.69, 9.17) is 5.11 Å². The van der Waals surface area contributed by atoms with Gasteiger partial charge < -0.3 is 10.0 Å². The number of thioether (sulfide) groups is 1. The van der Waals surface area contributed by atoms with Gasteiger partial charge in [0.1, 0.15) is 5.78 Å². The van der Waals surface area contributed by atoms with Crippen molar-refractivity contribution in [1.29, 1.82) is 0 Å². The van der Waals surface area contributed by atoms with E-state index >= 15 is 0 Å². The van der Waals surface area contributed by atoms with Gasteiger partial charge in [0.05, 0.1) is 5.75 Å². The second kappa shape index (κ2) is 6.91. The molecular weight excluding hydrogens is 226 g/mol. The van der Waals surface area contributed by atoms with Crippen LogP contribution < -0.4 is 0 Å². The monoisotopic (exact) mass is 245 g/mol. The number of hydrogen-bond acceptors (Lipinski definition) is 4. The first-order valence-corrected chi connectivity index (χ1v) is 6.70. The van der Waals surface area contributed by atoms with E-state index in [1.54, 1.807) is 16.7 Å². The number of carbonyl (C=O) groups is 2. The van der Waals surface area contributed by atoms with Gasteiger partial charge in [-0.2, -0.15) is 0 Å². The minimum atomic E-state index is 0.113. The van der Waals surface area contributed by atoms with Crippen LogP contribution in [-0.4, -0.2) is 52.4 Å². The van der Waals surface area contributed by atoms with E-state index in [0.717, 1.165) is 6.42 Å². The van der Waals surface area contributed by atoms with E-state index in [0.29, 0.717) is 36.9 Å². The molecule has 0 bridgehead atoms. The van der Waals surface area contributed by atoms with Crippen LogP contribution in [0.4, 0.5) is 0 Å². The quantitative estimate of drug-likeness (QED) is 0.774. The van der Waals surface area contributed by atoms with Crippen LogP contribution in [0.15, 0.2) is 0 Å². The summed E-state index contributed by atoms with van der Waals surface area (Å²) in [5.74, 6) is 0.822. The standard InChI is InChI=1S/C11H19NO3S/c1-9(4-7-13)16-8-11(15)12-5-2-10(14)3-6-12/h9,13H,2-8H2,1H3. The van der Waals surface area contributed by atoms with Crippen molar-refractivity contribution in [2.45, 2.75) is 31.4 Å². The molecule has 1 fully saturated rings. The van der Waals surface area contributed by atoms with Crippen LogP contribution in [0, 0.1) is 0 Å². The number of aliphatic hydroxyl groups is 1. The summed E-state index contributed by atoms with van der Waals surface area (Å²) in [6.07, 6.45) is 1.72. The Labute approximate surface area is 100 Å². The Bertz CT molecular complexity index is 248. The molecule has 0 aromatic carbocycles. The molecule has 1 aliphatic rings. The number of hydrogen-bond donors (Lipinski definition) is 1. The van der Waals surface area contributed by atoms with Crippen molar-refractivity contribution in [2.75, 3.05) is 25.4 Å². The normalized spacial score (nSPS) is 18.6. The Hall–Kier alpha value is -0.550. The molecule has 1 rings (SSSR count). The van der Waals surface area contributed by atoms with E-state index < -0.39 is 0 Å². The molecule has 5 heteroatoms. The molecule has 1 amide bonds. The van der Waals surface area contributed by atoms with Crippen molar-refractivity contribution >= 4 is 23.5 Å². The van der Waals surface area contributed by atoms with Crippen molar-refractivity contribution in [3.63, 3.8) is 0 Å². The van der Waals surface area contributed by atoms with Gasteiger partial charge in [-0.05, 0) is 6.42 Å². The maximum Gasteiger partial charge on any atom is 0.232 e. The van der Waals surface area contributed by atoms with Crippen LogP contribution in [0.3, 0.4) is 0 Å². The van der Waals surface area contributed by atoms with Crippen LogP contribution in [0.1, 0.15) is 26.2 Å². The zero-order valence-electron chi connectivity index (χ0n) is 9.65. The molecule has 4 nitrogen and oxygen atoms in total. The summed E-state index contributed by atoms with van der Waals surface area (Å²) in [5, 5.41) is 9.04. The fourth-order valence-electron chi connectivity index (χ4n) is 1.58. The summed E-state index contributed by atoms with van der Waals surface area (Å²) in [4.78, 5) is 24.5. The highest BCUT2D eigenvalue weighted by atomic mass is 32.2. The van der Waals surface area contributed by atoms with Gasteiger partial charge in [-0.1, -0.05) is 6.92 Å². The first-order chi connectivity index (χ1) is 7.63. The Morgan fingerprint density at radius 1 is 1.50 bits per heavy atom. The molecule has 0 aromatic heterocycles. The number of likely N-dealkylation sites (tertiary alicyclic amines) is 1. The number of rotatable bonds is 5. The van der Waals surface area contributed by atoms with Gasteiger partial charge in [-0.3, -0.25) is 9.59 Å². The van der Waals surface area contributed by atoms with E-state index in [-0.39, 0.29) is 18.3 Å². The topological polar surface area (TPSA) is 57.6 Å². The van der Waals surface area contributed by atoms with Gasteiger partial charge >= 0.3 is 0 Å². The zero-order valence-corrected chi connectivity index (χ0v) is 10.5. The van der Waals surface area contributed by atoms with Gasteiger partial charge in [-0.25, -0.2) is 0 Å². The number of piperidine rings is 1. The van der Waals surface area contributed by atoms with Gasteiger partial charge in [-0.15, -0.1) is 11.8 Å². The molecule has 0 saturated carbocycles. The lowest BCUT2D eigenvalue weighted by molar-refractivity contribution is -0.132. The maximum atomic E-state index is 11.7. The molecule has 1 aliphatic heterocycles. The van der Waals surface area contributed by atoms with Crippen LogP contribution in [0.25, 0.3) is 0 Å². The van der Waals surface area contributed by atoms with Crippen LogP contribution in [0.2, 0.25) is 0 Å². The largest absolute Gasteiger partial charge is 0.396 e. The average molecular weight is 245 g/mol. The maximum absolute atomic E-state index is 11.7. The molecular formula is C11H19NO3S. The van der Waals surface area contributed by atoms with E-state index in [2.05, 4.69) is 0 Å². The highest BCUT2D eigenvalue weighted by Gasteiger charge is 2.20. The predicted octanol–water partition coefficient (Wildman–Crippen LogP) is 0.682. The smallest absolute Gasteiger partial charge is 0.232 e. The molecule has 1 saturated heterocycles. The Morgan fingerprint density at radius 2 is 2.12 bits per heavy atom. The first-order valence-electron chi connectivity index (χ1n) is 5.65. The van der Waals surface area contributed by atoms with Crippen molar-refractivity contribution < 1.29 is 14.7 Å². The number of aliphatic hydroxyl groups excluding tert-OH is 1. The van der Waals surface area contributed by atoms with Crippen LogP contribution in [0.5, 0.6) is 0 Å². The Balaban J connectivity index is 2.22. The molecule has 0 aromatic rings. The van der Waals surface area contributed by atoms with E-state index in [9.17, 15) is 9.59 Å². The van der Waals surface area contributed by atoms with Crippen molar-refractivity contribution in [1.82, 2.24) is 4.90 Å². The molecule has 16 heavy (non-hydrogen) atoms. The highest BCUT2D eigenvalue weighted by Crippen LogP contribution is 2.15. The second-order valence-corrected chi connectivity index (χ2v) is 5.48. The van der Waals surface area contributed by atoms with E-state index in [1.165, 1.54) is 0 Å². The van der Waals surface area contributed by atoms with Gasteiger partial charge in [0.15, 0.2) is 0 Å². The first kappa shape index (κ1) is 13.5. The fourth-order valence-corrected chi connectivity index (χ4v) is 2.46. The molecule has 1 heterocycles. The summed E-state index contributed by atoms with van der Waals surface area (Å²) in [6.45, 7) is 3.33. The highest BCUT2D eigenvalue weighted by molar-refractivity contribution is 8.00. The zero-order chi connectivity index (χ0) is 12.0. The van der Waals surface area contributed by atoms with Gasteiger partial charge in [0, 0.05) is 37.8 Å². The third-order valence-electron chi connectivity index (χ3n) is 2.70. The van der Waals surface area contributed by atoms with Crippen LogP contribution in [-0.2, 0) is 9.59 Å². The summed E-state index contributed by atoms with van der Waals surface area (Å²) in [6, 6.07) is 0. The third kappa shape index (κ3) is 4.53. The van der Waals surface area contributed by atoms with Crippen molar-refractivity contribution in [3.05, 3.63) is 0 Å². The Kier molecular flexibility index (Phi) is 5.84. The lowest BCUT2D eigenvalue weighted by atomic mass is 10.1. The average Bonchev–Trinajstić information content (AvgIpc) is 2.27. The summed E-state index contributed by atoms with van der Waals surface area (Å²) in [7, 11) is 0. The number of ketones is 1. The predicted molar refractivity (Wildman–Crippen MR) is 64.4 cm³/mol. The van der Waals surface area contributed by atoms with Crippen LogP contribution >= 0.6 is 11.8 Å². The summed E-state index contributed by atoms with van der Waals surface area (Å²) in [5.41, 5.74) is 0. The molecule has 1 N–H and O–H groups in total. The summed E-state index contributed by atoms with van der Waals surface area (Å²) < 4.78 is 0. The minimum absolute atomic E-state index is 0.113. The molecule has 0 radical (unpaired) electrons. The number of carbonyl (C=O) groups excluding carboxylic acids is 2. The van der Waals surface area contributed by atoms with Crippen molar-refractivity contribution in [2.24, 2.45) is 0 Å². The number of amides is 1. The number of Topliss-reactive ketones (excluding diaryl/α,β-unsaturated/α-hetero) is 1. The number of nitrogens with zero attached hydrogens (tertiary/aromatic N) is 1. The second-order valence-electron chi connectivity index (χ2n) is 4.05. The minimum Gasteiger partial charge on any atom is -0.396 e. The lowest BCUT2D eigenvalue weighted by Crippen LogP contribution is -2.39. The van der Waals surface area contributed by atoms with Gasteiger partial charge in [0.25, 0.3) is 0 Å². The SMILES string of the molecule is CC(CCO)SCC(=O)N1CCC(=O)CC1. The third-order valence-corrected chi connectivity index (χ3v) is 3.92. The fraction of sp³-hybridized carbons (Fsp3) is 0.818.